The van der Waals surface area contributed by atoms with E-state index in [1.165, 1.54) is 12.8 Å². The molecule has 0 radical (unpaired) electrons. The molecule has 5 nitrogen and oxygen atoms in total. The highest BCUT2D eigenvalue weighted by molar-refractivity contribution is 7.09. The van der Waals surface area contributed by atoms with Crippen molar-refractivity contribution in [3.05, 3.63) is 52.0 Å². The Labute approximate surface area is 171 Å². The van der Waals surface area contributed by atoms with Crippen LogP contribution in [0.4, 0.5) is 0 Å². The molecule has 0 saturated carbocycles. The molecular formula is C22H29N3O2S. The molecule has 2 fully saturated rings. The molecule has 2 atom stereocenters. The molecule has 2 aromatic rings. The summed E-state index contributed by atoms with van der Waals surface area (Å²) in [6, 6.07) is 10.3. The lowest BCUT2D eigenvalue weighted by atomic mass is 9.97. The summed E-state index contributed by atoms with van der Waals surface area (Å²) < 4.78 is 6.21. The van der Waals surface area contributed by atoms with Crippen LogP contribution in [-0.2, 0) is 11.2 Å². The number of thiazole rings is 1. The molecule has 28 heavy (non-hydrogen) atoms. The van der Waals surface area contributed by atoms with Gasteiger partial charge in [-0.05, 0) is 44.3 Å². The number of carbonyl (C=O) groups is 1. The van der Waals surface area contributed by atoms with Gasteiger partial charge in [0.15, 0.2) is 0 Å². The maximum atomic E-state index is 13.4. The smallest absolute Gasteiger partial charge is 0.274 e. The second-order valence-electron chi connectivity index (χ2n) is 7.65. The van der Waals surface area contributed by atoms with E-state index in [0.717, 1.165) is 43.0 Å². The molecule has 4 rings (SSSR count). The third kappa shape index (κ3) is 4.29. The second kappa shape index (κ2) is 9.16. The van der Waals surface area contributed by atoms with Gasteiger partial charge in [0, 0.05) is 18.5 Å². The second-order valence-corrected chi connectivity index (χ2v) is 8.59. The van der Waals surface area contributed by atoms with Crippen LogP contribution in [0.15, 0.2) is 35.7 Å². The van der Waals surface area contributed by atoms with E-state index in [0.29, 0.717) is 18.8 Å². The van der Waals surface area contributed by atoms with Crippen molar-refractivity contribution in [3.8, 4) is 0 Å². The fourth-order valence-electron chi connectivity index (χ4n) is 4.26. The maximum absolute atomic E-state index is 13.4. The van der Waals surface area contributed by atoms with Crippen molar-refractivity contribution in [2.24, 2.45) is 0 Å². The van der Waals surface area contributed by atoms with Gasteiger partial charge in [-0.25, -0.2) is 4.98 Å². The monoisotopic (exact) mass is 399 g/mol. The van der Waals surface area contributed by atoms with Gasteiger partial charge in [-0.1, -0.05) is 37.3 Å². The van der Waals surface area contributed by atoms with Gasteiger partial charge in [0.05, 0.1) is 23.8 Å². The van der Waals surface area contributed by atoms with E-state index >= 15 is 0 Å². The molecule has 1 amide bonds. The van der Waals surface area contributed by atoms with Crippen molar-refractivity contribution in [3.63, 3.8) is 0 Å². The molecule has 3 heterocycles. The first-order valence-corrected chi connectivity index (χ1v) is 11.3. The van der Waals surface area contributed by atoms with Gasteiger partial charge in [0.25, 0.3) is 5.91 Å². The third-order valence-corrected chi connectivity index (χ3v) is 6.53. The number of hydrogen-bond acceptors (Lipinski definition) is 5. The minimum Gasteiger partial charge on any atom is -0.373 e. The van der Waals surface area contributed by atoms with E-state index in [9.17, 15) is 4.79 Å². The van der Waals surface area contributed by atoms with Gasteiger partial charge in [-0.2, -0.15) is 0 Å². The topological polar surface area (TPSA) is 45.7 Å². The van der Waals surface area contributed by atoms with E-state index in [1.807, 2.05) is 28.5 Å². The summed E-state index contributed by atoms with van der Waals surface area (Å²) in [6.07, 6.45) is 4.48. The van der Waals surface area contributed by atoms with Gasteiger partial charge < -0.3 is 14.5 Å². The molecule has 0 N–H and O–H groups in total. The Bertz CT molecular complexity index is 773. The highest BCUT2D eigenvalue weighted by atomic mass is 32.1. The van der Waals surface area contributed by atoms with Crippen LogP contribution in [0, 0.1) is 0 Å². The minimum absolute atomic E-state index is 0.00746. The minimum atomic E-state index is -0.0700. The number of carbonyl (C=O) groups excluding carboxylic acids is 1. The highest BCUT2D eigenvalue weighted by Gasteiger charge is 2.38. The highest BCUT2D eigenvalue weighted by Crippen LogP contribution is 2.32. The van der Waals surface area contributed by atoms with Crippen LogP contribution in [0.3, 0.4) is 0 Å². The summed E-state index contributed by atoms with van der Waals surface area (Å²) in [5, 5.41) is 2.96. The SMILES string of the molecule is CCCc1nc(C(=O)N2CCO[C@@H](CN3CCCC3)[C@@H]2c2ccccc2)cs1. The zero-order valence-corrected chi connectivity index (χ0v) is 17.4. The Morgan fingerprint density at radius 1 is 1.21 bits per heavy atom. The van der Waals surface area contributed by atoms with E-state index < -0.39 is 0 Å². The molecule has 6 heteroatoms. The molecule has 0 unspecified atom stereocenters. The first kappa shape index (κ1) is 19.6. The Balaban J connectivity index is 1.60. The molecule has 1 aromatic heterocycles. The van der Waals surface area contributed by atoms with Gasteiger partial charge in [0.1, 0.15) is 5.69 Å². The number of benzene rings is 1. The van der Waals surface area contributed by atoms with Crippen molar-refractivity contribution in [1.82, 2.24) is 14.8 Å². The first-order valence-electron chi connectivity index (χ1n) is 10.4. The average molecular weight is 400 g/mol. The quantitative estimate of drug-likeness (QED) is 0.742. The van der Waals surface area contributed by atoms with Crippen molar-refractivity contribution in [2.75, 3.05) is 32.8 Å². The van der Waals surface area contributed by atoms with E-state index in [2.05, 4.69) is 28.9 Å². The maximum Gasteiger partial charge on any atom is 0.274 e. The number of aromatic nitrogens is 1. The number of ether oxygens (including phenoxy) is 1. The fourth-order valence-corrected chi connectivity index (χ4v) is 5.14. The number of amides is 1. The summed E-state index contributed by atoms with van der Waals surface area (Å²) in [5.41, 5.74) is 1.72. The summed E-state index contributed by atoms with van der Waals surface area (Å²) in [6.45, 7) is 6.46. The lowest BCUT2D eigenvalue weighted by Gasteiger charge is -2.42. The van der Waals surface area contributed by atoms with Gasteiger partial charge in [-0.3, -0.25) is 4.79 Å². The summed E-state index contributed by atoms with van der Waals surface area (Å²) in [7, 11) is 0. The largest absolute Gasteiger partial charge is 0.373 e. The molecule has 0 bridgehead atoms. The molecule has 2 aliphatic heterocycles. The molecule has 2 saturated heterocycles. The van der Waals surface area contributed by atoms with Crippen LogP contribution in [0.25, 0.3) is 0 Å². The molecule has 2 aliphatic rings. The lowest BCUT2D eigenvalue weighted by molar-refractivity contribution is -0.0708. The summed E-state index contributed by atoms with van der Waals surface area (Å²) in [5.74, 6) is 0.0298. The molecule has 0 aliphatic carbocycles. The van der Waals surface area contributed by atoms with E-state index in [4.69, 9.17) is 4.74 Å². The summed E-state index contributed by atoms with van der Waals surface area (Å²) >= 11 is 1.59. The lowest BCUT2D eigenvalue weighted by Crippen LogP contribution is -2.51. The van der Waals surface area contributed by atoms with Gasteiger partial charge >= 0.3 is 0 Å². The zero-order chi connectivity index (χ0) is 19.3. The van der Waals surface area contributed by atoms with Gasteiger partial charge in [0.2, 0.25) is 0 Å². The normalized spacial score (nSPS) is 23.2. The summed E-state index contributed by atoms with van der Waals surface area (Å²) in [4.78, 5) is 22.5. The fraction of sp³-hybridized carbons (Fsp3) is 0.545. The van der Waals surface area contributed by atoms with Crippen LogP contribution >= 0.6 is 11.3 Å². The Morgan fingerprint density at radius 2 is 2.00 bits per heavy atom. The van der Waals surface area contributed by atoms with Crippen molar-refractivity contribution >= 4 is 17.2 Å². The molecular weight excluding hydrogens is 370 g/mol. The van der Waals surface area contributed by atoms with Crippen LogP contribution in [0.5, 0.6) is 0 Å². The standard InChI is InChI=1S/C22H29N3O2S/c1-2-8-20-23-18(16-28-20)22(26)25-13-14-27-19(15-24-11-6-7-12-24)21(25)17-9-4-3-5-10-17/h3-5,9-10,16,19,21H,2,6-8,11-15H2,1H3/t19-,21-/m0/s1. The Morgan fingerprint density at radius 3 is 2.75 bits per heavy atom. The number of likely N-dealkylation sites (tertiary alicyclic amines) is 1. The molecule has 1 aromatic carbocycles. The van der Waals surface area contributed by atoms with Crippen molar-refractivity contribution in [2.45, 2.75) is 44.8 Å². The molecule has 150 valence electrons. The number of morpholine rings is 1. The predicted octanol–water partition coefficient (Wildman–Crippen LogP) is 3.77. The van der Waals surface area contributed by atoms with Crippen molar-refractivity contribution < 1.29 is 9.53 Å². The van der Waals surface area contributed by atoms with Gasteiger partial charge in [-0.15, -0.1) is 11.3 Å². The Hall–Kier alpha value is -1.76. The van der Waals surface area contributed by atoms with Crippen LogP contribution in [0.2, 0.25) is 0 Å². The Kier molecular flexibility index (Phi) is 6.40. The third-order valence-electron chi connectivity index (χ3n) is 5.63. The van der Waals surface area contributed by atoms with Crippen LogP contribution in [0.1, 0.15) is 53.3 Å². The number of nitrogens with zero attached hydrogens (tertiary/aromatic N) is 3. The average Bonchev–Trinajstić information content (AvgIpc) is 3.40. The number of rotatable bonds is 6. The van der Waals surface area contributed by atoms with Crippen LogP contribution in [-0.4, -0.2) is 59.6 Å². The number of hydrogen-bond donors (Lipinski definition) is 0. The van der Waals surface area contributed by atoms with Crippen LogP contribution < -0.4 is 0 Å². The first-order chi connectivity index (χ1) is 13.8. The number of aryl methyl sites for hydroxylation is 1. The molecule has 0 spiro atoms. The predicted molar refractivity (Wildman–Crippen MR) is 112 cm³/mol. The van der Waals surface area contributed by atoms with Crippen molar-refractivity contribution in [1.29, 1.82) is 0 Å². The zero-order valence-electron chi connectivity index (χ0n) is 16.5. The van der Waals surface area contributed by atoms with E-state index in [1.54, 1.807) is 11.3 Å². The van der Waals surface area contributed by atoms with E-state index in [-0.39, 0.29) is 18.1 Å².